The molecule has 7 nitrogen and oxygen atoms in total. The highest BCUT2D eigenvalue weighted by Crippen LogP contribution is 2.48. The molecule has 1 atom stereocenters. The molecule has 8 heteroatoms. The number of halogens is 1. The van der Waals surface area contributed by atoms with E-state index >= 15 is 0 Å². The van der Waals surface area contributed by atoms with Gasteiger partial charge in [0.2, 0.25) is 0 Å². The van der Waals surface area contributed by atoms with Crippen LogP contribution >= 0.6 is 15.9 Å². The lowest BCUT2D eigenvalue weighted by Crippen LogP contribution is -2.46. The summed E-state index contributed by atoms with van der Waals surface area (Å²) in [7, 11) is 0. The van der Waals surface area contributed by atoms with Crippen LogP contribution in [0, 0.1) is 6.92 Å². The molecule has 0 aliphatic carbocycles. The minimum absolute atomic E-state index is 0.179. The van der Waals surface area contributed by atoms with Crippen molar-refractivity contribution >= 4 is 50.5 Å². The summed E-state index contributed by atoms with van der Waals surface area (Å²) in [5.74, 6) is 3.02. The van der Waals surface area contributed by atoms with Crippen molar-refractivity contribution in [2.45, 2.75) is 19.9 Å². The normalized spacial score (nSPS) is 15.3. The quantitative estimate of drug-likeness (QED) is 0.220. The summed E-state index contributed by atoms with van der Waals surface area (Å²) >= 11 is 3.71. The van der Waals surface area contributed by atoms with Gasteiger partial charge in [0.05, 0.1) is 35.4 Å². The number of aliphatic imine (C=N–C) groups is 2. The molecule has 202 valence electrons. The number of amidine groups is 2. The molecule has 1 aromatic heterocycles. The van der Waals surface area contributed by atoms with Crippen molar-refractivity contribution < 1.29 is 4.74 Å². The van der Waals surface area contributed by atoms with E-state index in [0.29, 0.717) is 12.4 Å². The van der Waals surface area contributed by atoms with Gasteiger partial charge in [-0.2, -0.15) is 5.10 Å². The van der Waals surface area contributed by atoms with Crippen LogP contribution < -0.4 is 15.0 Å². The molecule has 1 unspecified atom stereocenters. The van der Waals surface area contributed by atoms with Crippen LogP contribution in [-0.4, -0.2) is 28.1 Å². The summed E-state index contributed by atoms with van der Waals surface area (Å²) in [5, 5.41) is 8.56. The number of anilines is 2. The van der Waals surface area contributed by atoms with Gasteiger partial charge in [0.1, 0.15) is 5.75 Å². The Balaban J connectivity index is 1.45. The number of aryl methyl sites for hydroxylation is 1. The first-order valence-electron chi connectivity index (χ1n) is 13.6. The standard InChI is InChI=1S/C33H27BrN6O/c1-3-41-26-18-16-24(17-19-26)35-31-33-37-32-29(21(2)38-40(32)25-12-5-4-6-13-25)30(22-10-9-11-23(34)20-22)39(33)28-15-8-7-14-27(28)36-31/h4-20,30H,3H2,1-2H3,(H,35,36). The van der Waals surface area contributed by atoms with E-state index in [1.807, 2.05) is 78.3 Å². The summed E-state index contributed by atoms with van der Waals surface area (Å²) in [6.07, 6.45) is 0. The van der Waals surface area contributed by atoms with Gasteiger partial charge in [0.15, 0.2) is 17.5 Å². The van der Waals surface area contributed by atoms with E-state index in [9.17, 15) is 0 Å². The Bertz CT molecular complexity index is 1810. The predicted molar refractivity (Wildman–Crippen MR) is 169 cm³/mol. The number of hydrogen-bond donors (Lipinski definition) is 1. The third-order valence-electron chi connectivity index (χ3n) is 7.23. The van der Waals surface area contributed by atoms with Crippen LogP contribution in [0.3, 0.4) is 0 Å². The van der Waals surface area contributed by atoms with Crippen LogP contribution in [0.2, 0.25) is 0 Å². The fourth-order valence-electron chi connectivity index (χ4n) is 5.48. The molecule has 0 amide bonds. The Morgan fingerprint density at radius 2 is 1.66 bits per heavy atom. The first kappa shape index (κ1) is 25.3. The number of hydrogen-bond acceptors (Lipinski definition) is 6. The lowest BCUT2D eigenvalue weighted by atomic mass is 9.93. The van der Waals surface area contributed by atoms with E-state index in [1.165, 1.54) is 0 Å². The number of nitrogens with zero attached hydrogens (tertiary/aromatic N) is 5. The predicted octanol–water partition coefficient (Wildman–Crippen LogP) is 8.14. The van der Waals surface area contributed by atoms with Crippen LogP contribution in [-0.2, 0) is 0 Å². The molecule has 7 rings (SSSR count). The fourth-order valence-corrected chi connectivity index (χ4v) is 5.89. The summed E-state index contributed by atoms with van der Waals surface area (Å²) in [5.41, 5.74) is 6.83. The first-order valence-corrected chi connectivity index (χ1v) is 14.4. The van der Waals surface area contributed by atoms with Crippen molar-refractivity contribution in [3.8, 4) is 11.4 Å². The van der Waals surface area contributed by atoms with Gasteiger partial charge in [-0.1, -0.05) is 58.4 Å². The lowest BCUT2D eigenvalue weighted by molar-refractivity contribution is 0.340. The number of benzene rings is 4. The van der Waals surface area contributed by atoms with Gasteiger partial charge in [-0.3, -0.25) is 0 Å². The molecule has 5 aromatic rings. The molecular weight excluding hydrogens is 576 g/mol. The van der Waals surface area contributed by atoms with E-state index < -0.39 is 0 Å². The molecule has 0 saturated heterocycles. The maximum absolute atomic E-state index is 5.65. The van der Waals surface area contributed by atoms with E-state index in [4.69, 9.17) is 19.8 Å². The van der Waals surface area contributed by atoms with Gasteiger partial charge in [0.25, 0.3) is 0 Å². The monoisotopic (exact) mass is 602 g/mol. The van der Waals surface area contributed by atoms with Crippen molar-refractivity contribution in [1.82, 2.24) is 9.78 Å². The Hall–Kier alpha value is -4.69. The highest BCUT2D eigenvalue weighted by atomic mass is 79.9. The second-order valence-electron chi connectivity index (χ2n) is 9.86. The van der Waals surface area contributed by atoms with Crippen LogP contribution in [0.15, 0.2) is 118 Å². The van der Waals surface area contributed by atoms with Crippen molar-refractivity contribution in [2.75, 3.05) is 16.8 Å². The number of ether oxygens (including phenoxy) is 1. The second-order valence-corrected chi connectivity index (χ2v) is 10.8. The average molecular weight is 604 g/mol. The van der Waals surface area contributed by atoms with Crippen molar-refractivity contribution in [1.29, 1.82) is 0 Å². The molecule has 3 heterocycles. The lowest BCUT2D eigenvalue weighted by Gasteiger charge is -2.40. The van der Waals surface area contributed by atoms with Crippen LogP contribution in [0.4, 0.5) is 22.9 Å². The highest BCUT2D eigenvalue weighted by Gasteiger charge is 2.41. The summed E-state index contributed by atoms with van der Waals surface area (Å²) in [4.78, 5) is 12.7. The third kappa shape index (κ3) is 4.50. The first-order chi connectivity index (χ1) is 20.1. The maximum Gasteiger partial charge on any atom is 0.179 e. The minimum atomic E-state index is -0.179. The van der Waals surface area contributed by atoms with Gasteiger partial charge >= 0.3 is 0 Å². The maximum atomic E-state index is 5.65. The minimum Gasteiger partial charge on any atom is -0.494 e. The second kappa shape index (κ2) is 10.4. The molecule has 0 spiro atoms. The van der Waals surface area contributed by atoms with E-state index in [-0.39, 0.29) is 6.04 Å². The largest absolute Gasteiger partial charge is 0.494 e. The SMILES string of the molecule is CCOc1ccc(NC2=Nc3ccccc3N3C2=Nc2c(c(C)nn2-c2ccccc2)C3c2cccc(Br)c2)cc1. The number of para-hydroxylation sites is 3. The van der Waals surface area contributed by atoms with E-state index in [1.54, 1.807) is 0 Å². The average Bonchev–Trinajstić information content (AvgIpc) is 3.33. The summed E-state index contributed by atoms with van der Waals surface area (Å²) in [6.45, 7) is 4.66. The van der Waals surface area contributed by atoms with Crippen molar-refractivity contribution in [2.24, 2.45) is 9.98 Å². The molecule has 2 aliphatic heterocycles. The summed E-state index contributed by atoms with van der Waals surface area (Å²) < 4.78 is 8.60. The zero-order chi connectivity index (χ0) is 27.9. The van der Waals surface area contributed by atoms with Gasteiger partial charge in [-0.15, -0.1) is 0 Å². The van der Waals surface area contributed by atoms with Crippen LogP contribution in [0.5, 0.6) is 5.75 Å². The van der Waals surface area contributed by atoms with E-state index in [0.717, 1.165) is 61.4 Å². The topological polar surface area (TPSA) is 67.0 Å². The highest BCUT2D eigenvalue weighted by molar-refractivity contribution is 9.10. The van der Waals surface area contributed by atoms with Gasteiger partial charge in [0, 0.05) is 15.7 Å². The number of nitrogens with one attached hydrogen (secondary N) is 1. The van der Waals surface area contributed by atoms with Crippen molar-refractivity contribution in [3.05, 3.63) is 124 Å². The van der Waals surface area contributed by atoms with Gasteiger partial charge in [-0.25, -0.2) is 14.7 Å². The molecule has 0 bridgehead atoms. The smallest absolute Gasteiger partial charge is 0.179 e. The van der Waals surface area contributed by atoms with E-state index in [2.05, 4.69) is 69.5 Å². The Labute approximate surface area is 247 Å². The van der Waals surface area contributed by atoms with Crippen LogP contribution in [0.25, 0.3) is 5.69 Å². The van der Waals surface area contributed by atoms with Gasteiger partial charge < -0.3 is 15.0 Å². The Morgan fingerprint density at radius 3 is 2.44 bits per heavy atom. The molecule has 0 radical (unpaired) electrons. The molecule has 2 aliphatic rings. The summed E-state index contributed by atoms with van der Waals surface area (Å²) in [6, 6.07) is 34.5. The third-order valence-corrected chi connectivity index (χ3v) is 7.72. The zero-order valence-corrected chi connectivity index (χ0v) is 24.2. The fraction of sp³-hybridized carbons (Fsp3) is 0.121. The molecule has 0 saturated carbocycles. The number of rotatable bonds is 5. The van der Waals surface area contributed by atoms with Crippen LogP contribution in [0.1, 0.15) is 29.8 Å². The molecule has 0 fully saturated rings. The zero-order valence-electron chi connectivity index (χ0n) is 22.6. The molecule has 1 N–H and O–H groups in total. The Kier molecular flexibility index (Phi) is 6.40. The molecular formula is C33H27BrN6O. The molecule has 41 heavy (non-hydrogen) atoms. The Morgan fingerprint density at radius 1 is 0.878 bits per heavy atom. The number of aromatic nitrogens is 2. The van der Waals surface area contributed by atoms with Crippen molar-refractivity contribution in [3.63, 3.8) is 0 Å². The number of fused-ring (bicyclic) bond motifs is 4. The molecule has 4 aromatic carbocycles. The van der Waals surface area contributed by atoms with Gasteiger partial charge in [-0.05, 0) is 80.1 Å².